The molecule has 0 fully saturated rings. The van der Waals surface area contributed by atoms with Crippen LogP contribution in [-0.4, -0.2) is 12.2 Å². The number of hydrogen-bond acceptors (Lipinski definition) is 3. The smallest absolute Gasteiger partial charge is 0.221 e. The summed E-state index contributed by atoms with van der Waals surface area (Å²) in [5, 5.41) is 5.68. The average molecular weight is 304 g/mol. The van der Waals surface area contributed by atoms with Crippen LogP contribution in [0.1, 0.15) is 12.5 Å². The van der Waals surface area contributed by atoms with Gasteiger partial charge in [-0.3, -0.25) is 4.79 Å². The summed E-state index contributed by atoms with van der Waals surface area (Å²) in [6.07, 6.45) is 2.04. The molecule has 2 N–H and O–H groups in total. The van der Waals surface area contributed by atoms with Gasteiger partial charge in [0.05, 0.1) is 5.69 Å². The molecule has 2 rings (SSSR count). The third-order valence-corrected chi connectivity index (χ3v) is 3.68. The predicted molar refractivity (Wildman–Crippen MR) is 86.3 cm³/mol. The first-order valence-electron chi connectivity index (χ1n) is 6.52. The van der Waals surface area contributed by atoms with Gasteiger partial charge in [0.2, 0.25) is 5.91 Å². The van der Waals surface area contributed by atoms with Crippen molar-refractivity contribution in [2.75, 3.05) is 16.9 Å². The summed E-state index contributed by atoms with van der Waals surface area (Å²) in [7, 11) is 0. The van der Waals surface area contributed by atoms with Crippen LogP contribution in [0, 0.1) is 5.82 Å². The molecule has 0 saturated heterocycles. The molecule has 2 aromatic carbocycles. The summed E-state index contributed by atoms with van der Waals surface area (Å²) in [4.78, 5) is 12.2. The number of rotatable bonds is 5. The van der Waals surface area contributed by atoms with Gasteiger partial charge >= 0.3 is 0 Å². The number of amides is 1. The molecule has 5 heteroatoms. The van der Waals surface area contributed by atoms with E-state index in [1.54, 1.807) is 23.9 Å². The zero-order chi connectivity index (χ0) is 15.2. The van der Waals surface area contributed by atoms with Gasteiger partial charge in [-0.25, -0.2) is 4.39 Å². The van der Waals surface area contributed by atoms with Crippen molar-refractivity contribution in [2.24, 2.45) is 0 Å². The van der Waals surface area contributed by atoms with Crippen molar-refractivity contribution < 1.29 is 9.18 Å². The molecule has 21 heavy (non-hydrogen) atoms. The minimum Gasteiger partial charge on any atom is -0.381 e. The van der Waals surface area contributed by atoms with E-state index in [1.807, 2.05) is 6.26 Å². The topological polar surface area (TPSA) is 41.1 Å². The van der Waals surface area contributed by atoms with E-state index in [0.717, 1.165) is 11.3 Å². The van der Waals surface area contributed by atoms with Crippen molar-refractivity contribution in [3.05, 3.63) is 53.8 Å². The number of benzene rings is 2. The SMILES string of the molecule is CSc1ccc(CNc2ccc(F)c(NC(C)=O)c2)cc1. The second-order valence-corrected chi connectivity index (χ2v) is 5.46. The molecular weight excluding hydrogens is 287 g/mol. The molecule has 0 aliphatic carbocycles. The molecule has 0 saturated carbocycles. The van der Waals surface area contributed by atoms with E-state index in [1.165, 1.54) is 17.9 Å². The minimum absolute atomic E-state index is 0.185. The molecule has 0 spiro atoms. The highest BCUT2D eigenvalue weighted by Crippen LogP contribution is 2.21. The van der Waals surface area contributed by atoms with Crippen LogP contribution in [-0.2, 0) is 11.3 Å². The first-order chi connectivity index (χ1) is 10.1. The molecule has 0 heterocycles. The van der Waals surface area contributed by atoms with E-state index in [0.29, 0.717) is 6.54 Å². The Morgan fingerprint density at radius 1 is 1.19 bits per heavy atom. The fraction of sp³-hybridized carbons (Fsp3) is 0.188. The van der Waals surface area contributed by atoms with Crippen molar-refractivity contribution in [3.63, 3.8) is 0 Å². The zero-order valence-electron chi connectivity index (χ0n) is 11.9. The molecule has 0 radical (unpaired) electrons. The van der Waals surface area contributed by atoms with Gasteiger partial charge in [0.25, 0.3) is 0 Å². The number of thioether (sulfide) groups is 1. The van der Waals surface area contributed by atoms with Crippen LogP contribution in [0.25, 0.3) is 0 Å². The van der Waals surface area contributed by atoms with Crippen LogP contribution in [0.4, 0.5) is 15.8 Å². The van der Waals surface area contributed by atoms with Crippen LogP contribution in [0.3, 0.4) is 0 Å². The van der Waals surface area contributed by atoms with E-state index >= 15 is 0 Å². The van der Waals surface area contributed by atoms with E-state index in [4.69, 9.17) is 0 Å². The summed E-state index contributed by atoms with van der Waals surface area (Å²) in [5.41, 5.74) is 2.08. The van der Waals surface area contributed by atoms with Crippen LogP contribution in [0.2, 0.25) is 0 Å². The maximum atomic E-state index is 13.5. The van der Waals surface area contributed by atoms with E-state index in [-0.39, 0.29) is 11.6 Å². The molecule has 110 valence electrons. The zero-order valence-corrected chi connectivity index (χ0v) is 12.8. The van der Waals surface area contributed by atoms with Crippen LogP contribution >= 0.6 is 11.8 Å². The summed E-state index contributed by atoms with van der Waals surface area (Å²) in [6.45, 7) is 1.99. The fourth-order valence-corrected chi connectivity index (χ4v) is 2.28. The molecule has 1 amide bonds. The highest BCUT2D eigenvalue weighted by Gasteiger charge is 2.05. The monoisotopic (exact) mass is 304 g/mol. The van der Waals surface area contributed by atoms with Gasteiger partial charge in [0.1, 0.15) is 5.82 Å². The van der Waals surface area contributed by atoms with Crippen molar-refractivity contribution in [3.8, 4) is 0 Å². The third kappa shape index (κ3) is 4.49. The molecular formula is C16H17FN2OS. The fourth-order valence-electron chi connectivity index (χ4n) is 1.87. The normalized spacial score (nSPS) is 10.2. The van der Waals surface area contributed by atoms with Crippen molar-refractivity contribution >= 4 is 29.0 Å². The Balaban J connectivity index is 2.03. The Morgan fingerprint density at radius 2 is 1.90 bits per heavy atom. The van der Waals surface area contributed by atoms with Gasteiger partial charge in [-0.15, -0.1) is 11.8 Å². The molecule has 0 unspecified atom stereocenters. The summed E-state index contributed by atoms with van der Waals surface area (Å²) in [5.74, 6) is -0.737. The van der Waals surface area contributed by atoms with Crippen LogP contribution in [0.5, 0.6) is 0 Å². The molecule has 0 aromatic heterocycles. The number of carbonyl (C=O) groups excluding carboxylic acids is 1. The van der Waals surface area contributed by atoms with Gasteiger partial charge in [-0.05, 0) is 42.2 Å². The Labute approximate surface area is 127 Å². The van der Waals surface area contributed by atoms with Gasteiger partial charge < -0.3 is 10.6 Å². The Kier molecular flexibility index (Phi) is 5.22. The Bertz CT molecular complexity index is 629. The third-order valence-electron chi connectivity index (χ3n) is 2.93. The predicted octanol–water partition coefficient (Wildman–Crippen LogP) is 4.12. The average Bonchev–Trinajstić information content (AvgIpc) is 2.48. The summed E-state index contributed by atoms with van der Waals surface area (Å²) >= 11 is 1.70. The van der Waals surface area contributed by atoms with E-state index in [9.17, 15) is 9.18 Å². The van der Waals surface area contributed by atoms with Gasteiger partial charge in [0.15, 0.2) is 0 Å². The molecule has 3 nitrogen and oxygen atoms in total. The van der Waals surface area contributed by atoms with Crippen LogP contribution < -0.4 is 10.6 Å². The first kappa shape index (κ1) is 15.4. The maximum absolute atomic E-state index is 13.5. The first-order valence-corrected chi connectivity index (χ1v) is 7.75. The minimum atomic E-state index is -0.444. The number of halogens is 1. The van der Waals surface area contributed by atoms with Gasteiger partial charge in [-0.1, -0.05) is 12.1 Å². The van der Waals surface area contributed by atoms with E-state index < -0.39 is 5.82 Å². The lowest BCUT2D eigenvalue weighted by Crippen LogP contribution is -2.08. The Morgan fingerprint density at radius 3 is 2.52 bits per heavy atom. The lowest BCUT2D eigenvalue weighted by molar-refractivity contribution is -0.114. The highest BCUT2D eigenvalue weighted by atomic mass is 32.2. The maximum Gasteiger partial charge on any atom is 0.221 e. The molecule has 0 bridgehead atoms. The highest BCUT2D eigenvalue weighted by molar-refractivity contribution is 7.98. The molecule has 0 atom stereocenters. The van der Waals surface area contributed by atoms with Crippen LogP contribution in [0.15, 0.2) is 47.4 Å². The summed E-state index contributed by atoms with van der Waals surface area (Å²) < 4.78 is 13.5. The van der Waals surface area contributed by atoms with Gasteiger partial charge in [0, 0.05) is 24.1 Å². The van der Waals surface area contributed by atoms with Gasteiger partial charge in [-0.2, -0.15) is 0 Å². The van der Waals surface area contributed by atoms with Crippen molar-refractivity contribution in [1.82, 2.24) is 0 Å². The van der Waals surface area contributed by atoms with Crippen molar-refractivity contribution in [2.45, 2.75) is 18.4 Å². The Hall–Kier alpha value is -2.01. The number of nitrogens with one attached hydrogen (secondary N) is 2. The van der Waals surface area contributed by atoms with E-state index in [2.05, 4.69) is 34.9 Å². The molecule has 0 aliphatic rings. The van der Waals surface area contributed by atoms with Crippen molar-refractivity contribution in [1.29, 1.82) is 0 Å². The lowest BCUT2D eigenvalue weighted by Gasteiger charge is -2.10. The lowest BCUT2D eigenvalue weighted by atomic mass is 10.2. The quantitative estimate of drug-likeness (QED) is 0.817. The molecule has 0 aliphatic heterocycles. The molecule has 2 aromatic rings. The summed E-state index contributed by atoms with van der Waals surface area (Å²) in [6, 6.07) is 12.8. The standard InChI is InChI=1S/C16H17FN2OS/c1-11(20)19-16-9-13(5-8-15(16)17)18-10-12-3-6-14(21-2)7-4-12/h3-9,18H,10H2,1-2H3,(H,19,20). The largest absolute Gasteiger partial charge is 0.381 e. The number of carbonyl (C=O) groups is 1. The number of hydrogen-bond donors (Lipinski definition) is 2. The number of anilines is 2. The second kappa shape index (κ2) is 7.13. The second-order valence-electron chi connectivity index (χ2n) is 4.58.